The Labute approximate surface area is 260 Å². The number of hydrogen-bond acceptors (Lipinski definition) is 2. The quantitative estimate of drug-likeness (QED) is 0.196. The zero-order chi connectivity index (χ0) is 29.7. The van der Waals surface area contributed by atoms with Crippen molar-refractivity contribution in [1.29, 1.82) is 0 Å². The molecule has 0 fully saturated rings. The van der Waals surface area contributed by atoms with Gasteiger partial charge in [0.1, 0.15) is 5.69 Å². The molecule has 210 valence electrons. The summed E-state index contributed by atoms with van der Waals surface area (Å²) in [7, 11) is 0. The van der Waals surface area contributed by atoms with Crippen LogP contribution in [0.25, 0.3) is 82.9 Å². The summed E-state index contributed by atoms with van der Waals surface area (Å²) in [5.41, 5.74) is 9.00. The summed E-state index contributed by atoms with van der Waals surface area (Å²) in [5.74, 6) is 0. The second kappa shape index (κ2) is 10.3. The number of fused-ring (bicyclic) bond motifs is 7. The molecule has 2 heterocycles. The lowest BCUT2D eigenvalue weighted by molar-refractivity contribution is 0.953. The highest BCUT2D eigenvalue weighted by molar-refractivity contribution is 6.25. The first kappa shape index (κ1) is 25.4. The van der Waals surface area contributed by atoms with E-state index in [-0.39, 0.29) is 0 Å². The van der Waals surface area contributed by atoms with Gasteiger partial charge in [-0.1, -0.05) is 152 Å². The van der Waals surface area contributed by atoms with Gasteiger partial charge in [-0.25, -0.2) is 9.50 Å². The van der Waals surface area contributed by atoms with Gasteiger partial charge in [0.25, 0.3) is 0 Å². The van der Waals surface area contributed by atoms with Gasteiger partial charge in [0.2, 0.25) is 0 Å². The third-order valence-electron chi connectivity index (χ3n) is 8.81. The van der Waals surface area contributed by atoms with Crippen molar-refractivity contribution in [3.05, 3.63) is 164 Å². The molecule has 0 aliphatic rings. The van der Waals surface area contributed by atoms with Gasteiger partial charge in [-0.15, -0.1) is 0 Å². The van der Waals surface area contributed by atoms with Crippen LogP contribution in [0.4, 0.5) is 0 Å². The minimum absolute atomic E-state index is 0.833. The lowest BCUT2D eigenvalue weighted by atomic mass is 9.92. The molecule has 0 aliphatic heterocycles. The molecule has 0 atom stereocenters. The highest BCUT2D eigenvalue weighted by Gasteiger charge is 2.22. The molecule has 0 N–H and O–H groups in total. The predicted octanol–water partition coefficient (Wildman–Crippen LogP) is 10.9. The molecule has 0 aliphatic carbocycles. The Kier molecular flexibility index (Phi) is 5.82. The zero-order valence-corrected chi connectivity index (χ0v) is 24.4. The van der Waals surface area contributed by atoms with E-state index >= 15 is 0 Å². The average molecular weight is 574 g/mol. The van der Waals surface area contributed by atoms with Gasteiger partial charge < -0.3 is 0 Å². The van der Waals surface area contributed by atoms with Crippen molar-refractivity contribution in [2.24, 2.45) is 0 Å². The molecule has 3 heteroatoms. The Bertz CT molecular complexity index is 2480. The summed E-state index contributed by atoms with van der Waals surface area (Å²) >= 11 is 0. The molecule has 3 nitrogen and oxygen atoms in total. The SMILES string of the molecule is c1ccc(-c2cc(-c3ccccc3)n3nc(-c4ccc5c6ccccc6c6ccccc6c5c4)c(-c4ccccc4)c3n2)cc1. The average Bonchev–Trinajstić information content (AvgIpc) is 3.52. The molecular formula is C42H27N3. The number of benzene rings is 7. The summed E-state index contributed by atoms with van der Waals surface area (Å²) in [5, 5.41) is 12.9. The van der Waals surface area contributed by atoms with Crippen LogP contribution in [0.1, 0.15) is 0 Å². The molecule has 0 bridgehead atoms. The third kappa shape index (κ3) is 4.13. The van der Waals surface area contributed by atoms with E-state index in [0.717, 1.165) is 50.5 Å². The fraction of sp³-hybridized carbons (Fsp3) is 0. The molecule has 45 heavy (non-hydrogen) atoms. The van der Waals surface area contributed by atoms with Crippen molar-refractivity contribution in [1.82, 2.24) is 14.6 Å². The van der Waals surface area contributed by atoms with Gasteiger partial charge in [0, 0.05) is 16.7 Å². The van der Waals surface area contributed by atoms with Gasteiger partial charge in [0.05, 0.1) is 17.0 Å². The summed E-state index contributed by atoms with van der Waals surface area (Å²) in [6, 6.07) is 57.8. The molecular weight excluding hydrogens is 546 g/mol. The Balaban J connectivity index is 1.39. The van der Waals surface area contributed by atoms with Gasteiger partial charge in [-0.05, 0) is 50.0 Å². The fourth-order valence-corrected chi connectivity index (χ4v) is 6.72. The van der Waals surface area contributed by atoms with Crippen LogP contribution in [0.3, 0.4) is 0 Å². The van der Waals surface area contributed by atoms with Crippen molar-refractivity contribution in [2.75, 3.05) is 0 Å². The van der Waals surface area contributed by atoms with E-state index in [0.29, 0.717) is 0 Å². The summed E-state index contributed by atoms with van der Waals surface area (Å²) in [4.78, 5) is 5.31. The van der Waals surface area contributed by atoms with Crippen LogP contribution in [0, 0.1) is 0 Å². The zero-order valence-electron chi connectivity index (χ0n) is 24.4. The number of nitrogens with zero attached hydrogens (tertiary/aromatic N) is 3. The molecule has 0 spiro atoms. The van der Waals surface area contributed by atoms with Crippen LogP contribution in [-0.4, -0.2) is 14.6 Å². The lowest BCUT2D eigenvalue weighted by Crippen LogP contribution is -1.98. The highest BCUT2D eigenvalue weighted by Crippen LogP contribution is 2.41. The van der Waals surface area contributed by atoms with Crippen LogP contribution >= 0.6 is 0 Å². The molecule has 0 radical (unpaired) electrons. The van der Waals surface area contributed by atoms with Gasteiger partial charge in [0.15, 0.2) is 5.65 Å². The summed E-state index contributed by atoms with van der Waals surface area (Å²) in [6.45, 7) is 0. The van der Waals surface area contributed by atoms with Gasteiger partial charge in [-0.3, -0.25) is 0 Å². The van der Waals surface area contributed by atoms with Crippen LogP contribution in [0.15, 0.2) is 164 Å². The number of hydrogen-bond donors (Lipinski definition) is 0. The first-order valence-electron chi connectivity index (χ1n) is 15.3. The summed E-state index contributed by atoms with van der Waals surface area (Å²) in [6.07, 6.45) is 0. The smallest absolute Gasteiger partial charge is 0.164 e. The standard InChI is InChI=1S/C42H27N3/c1-4-14-28(15-5-1)38-27-39(29-16-6-2-7-17-29)45-42(43-38)40(30-18-8-3-9-19-30)41(44-45)31-24-25-36-34-22-11-10-20-32(34)33-21-12-13-23-35(33)37(36)26-31/h1-27H. The molecule has 0 unspecified atom stereocenters. The Hall–Kier alpha value is -6.06. The van der Waals surface area contributed by atoms with Crippen molar-refractivity contribution in [2.45, 2.75) is 0 Å². The second-order valence-electron chi connectivity index (χ2n) is 11.4. The molecule has 9 aromatic rings. The lowest BCUT2D eigenvalue weighted by Gasteiger charge is -2.12. The van der Waals surface area contributed by atoms with Crippen molar-refractivity contribution in [3.8, 4) is 44.9 Å². The van der Waals surface area contributed by atoms with Crippen LogP contribution in [-0.2, 0) is 0 Å². The Morgan fingerprint density at radius 1 is 0.378 bits per heavy atom. The minimum atomic E-state index is 0.833. The predicted molar refractivity (Wildman–Crippen MR) is 187 cm³/mol. The van der Waals surface area contributed by atoms with Crippen LogP contribution < -0.4 is 0 Å². The maximum atomic E-state index is 5.37. The van der Waals surface area contributed by atoms with E-state index < -0.39 is 0 Å². The molecule has 0 saturated heterocycles. The van der Waals surface area contributed by atoms with Crippen LogP contribution in [0.2, 0.25) is 0 Å². The largest absolute Gasteiger partial charge is 0.228 e. The molecule has 9 rings (SSSR count). The van der Waals surface area contributed by atoms with E-state index in [1.165, 1.54) is 32.3 Å². The number of aromatic nitrogens is 3. The third-order valence-corrected chi connectivity index (χ3v) is 8.81. The van der Waals surface area contributed by atoms with Gasteiger partial charge >= 0.3 is 0 Å². The van der Waals surface area contributed by atoms with Gasteiger partial charge in [-0.2, -0.15) is 5.10 Å². The second-order valence-corrected chi connectivity index (χ2v) is 11.4. The minimum Gasteiger partial charge on any atom is -0.228 e. The van der Waals surface area contributed by atoms with Crippen LogP contribution in [0.5, 0.6) is 0 Å². The topological polar surface area (TPSA) is 30.2 Å². The molecule has 7 aromatic carbocycles. The maximum Gasteiger partial charge on any atom is 0.164 e. The first-order chi connectivity index (χ1) is 22.3. The van der Waals surface area contributed by atoms with Crippen molar-refractivity contribution in [3.63, 3.8) is 0 Å². The first-order valence-corrected chi connectivity index (χ1v) is 15.3. The monoisotopic (exact) mass is 573 g/mol. The molecule has 2 aromatic heterocycles. The van der Waals surface area contributed by atoms with Crippen molar-refractivity contribution >= 4 is 38.0 Å². The fourth-order valence-electron chi connectivity index (χ4n) is 6.72. The number of rotatable bonds is 4. The van der Waals surface area contributed by atoms with E-state index in [1.54, 1.807) is 0 Å². The molecule has 0 amide bonds. The Morgan fingerprint density at radius 2 is 0.867 bits per heavy atom. The normalized spacial score (nSPS) is 11.6. The summed E-state index contributed by atoms with van der Waals surface area (Å²) < 4.78 is 2.03. The van der Waals surface area contributed by atoms with E-state index in [1.807, 2.05) is 16.6 Å². The van der Waals surface area contributed by atoms with E-state index in [4.69, 9.17) is 10.1 Å². The van der Waals surface area contributed by atoms with Crippen molar-refractivity contribution < 1.29 is 0 Å². The molecule has 0 saturated carbocycles. The maximum absolute atomic E-state index is 5.37. The highest BCUT2D eigenvalue weighted by atomic mass is 15.3. The van der Waals surface area contributed by atoms with E-state index in [2.05, 4.69) is 152 Å². The van der Waals surface area contributed by atoms with E-state index in [9.17, 15) is 0 Å². The Morgan fingerprint density at radius 3 is 1.47 bits per heavy atom.